The fourth-order valence-corrected chi connectivity index (χ4v) is 1.92. The monoisotopic (exact) mass is 191 g/mol. The van der Waals surface area contributed by atoms with Crippen LogP contribution >= 0.6 is 0 Å². The molecule has 0 saturated heterocycles. The first-order valence-corrected chi connectivity index (χ1v) is 4.82. The average molecular weight is 191 g/mol. The number of hydrogen-bond acceptors (Lipinski definition) is 3. The summed E-state index contributed by atoms with van der Waals surface area (Å²) < 4.78 is 4.74. The van der Waals surface area contributed by atoms with Crippen LogP contribution in [0.15, 0.2) is 18.3 Å². The topological polar surface area (TPSA) is 39.2 Å². The molecule has 0 saturated carbocycles. The third-order valence-corrected chi connectivity index (χ3v) is 2.72. The van der Waals surface area contributed by atoms with Crippen LogP contribution in [0.5, 0.6) is 0 Å². The Morgan fingerprint density at radius 3 is 3.29 bits per heavy atom. The van der Waals surface area contributed by atoms with Gasteiger partial charge in [0.2, 0.25) is 0 Å². The summed E-state index contributed by atoms with van der Waals surface area (Å²) in [5, 5.41) is 0. The van der Waals surface area contributed by atoms with E-state index in [1.54, 1.807) is 6.20 Å². The zero-order valence-electron chi connectivity index (χ0n) is 8.19. The van der Waals surface area contributed by atoms with E-state index in [1.807, 2.05) is 6.07 Å². The number of aryl methyl sites for hydroxylation is 1. The first kappa shape index (κ1) is 9.19. The van der Waals surface area contributed by atoms with Gasteiger partial charge >= 0.3 is 5.97 Å². The molecule has 0 N–H and O–H groups in total. The van der Waals surface area contributed by atoms with Crippen molar-refractivity contribution >= 4 is 5.97 Å². The molecular weight excluding hydrogens is 178 g/mol. The van der Waals surface area contributed by atoms with Gasteiger partial charge < -0.3 is 4.74 Å². The number of aromatic nitrogens is 1. The number of rotatable bonds is 1. The van der Waals surface area contributed by atoms with Crippen molar-refractivity contribution in [1.82, 2.24) is 4.98 Å². The largest absolute Gasteiger partial charge is 0.469 e. The lowest BCUT2D eigenvalue weighted by Gasteiger charge is -2.21. The molecule has 14 heavy (non-hydrogen) atoms. The number of carbonyl (C=O) groups is 1. The van der Waals surface area contributed by atoms with Crippen molar-refractivity contribution < 1.29 is 9.53 Å². The maximum absolute atomic E-state index is 11.3. The van der Waals surface area contributed by atoms with Crippen LogP contribution in [0.25, 0.3) is 0 Å². The van der Waals surface area contributed by atoms with E-state index >= 15 is 0 Å². The number of ether oxygens (including phenoxy) is 1. The second-order valence-electron chi connectivity index (χ2n) is 3.57. The molecule has 1 aliphatic rings. The van der Waals surface area contributed by atoms with E-state index in [0.29, 0.717) is 0 Å². The van der Waals surface area contributed by atoms with Crippen LogP contribution in [-0.4, -0.2) is 18.1 Å². The highest BCUT2D eigenvalue weighted by molar-refractivity contribution is 5.73. The summed E-state index contributed by atoms with van der Waals surface area (Å²) in [5.74, 6) is -0.108. The first-order valence-electron chi connectivity index (χ1n) is 4.82. The summed E-state index contributed by atoms with van der Waals surface area (Å²) in [6.07, 6.45) is 4.32. The van der Waals surface area contributed by atoms with E-state index in [0.717, 1.165) is 25.0 Å². The lowest BCUT2D eigenvalue weighted by Crippen LogP contribution is -2.24. The molecule has 0 fully saturated rings. The molecule has 3 nitrogen and oxygen atoms in total. The molecule has 0 amide bonds. The number of hydrogen-bond donors (Lipinski definition) is 0. The molecule has 1 aromatic rings. The minimum absolute atomic E-state index is 0.00222. The minimum atomic E-state index is -0.110. The van der Waals surface area contributed by atoms with Gasteiger partial charge in [0.1, 0.15) is 0 Å². The van der Waals surface area contributed by atoms with Crippen LogP contribution in [-0.2, 0) is 22.4 Å². The quantitative estimate of drug-likeness (QED) is 0.629. The number of methoxy groups -OCH3 is 1. The fraction of sp³-hybridized carbons (Fsp3) is 0.455. The third-order valence-electron chi connectivity index (χ3n) is 2.72. The van der Waals surface area contributed by atoms with Gasteiger partial charge in [-0.25, -0.2) is 0 Å². The summed E-state index contributed by atoms with van der Waals surface area (Å²) in [6.45, 7) is 0. The molecule has 3 heteroatoms. The van der Waals surface area contributed by atoms with Gasteiger partial charge in [-0.2, -0.15) is 0 Å². The molecule has 74 valence electrons. The molecule has 0 spiro atoms. The van der Waals surface area contributed by atoms with Crippen LogP contribution < -0.4 is 0 Å². The van der Waals surface area contributed by atoms with Crippen LogP contribution in [0.1, 0.15) is 17.7 Å². The second kappa shape index (κ2) is 3.78. The van der Waals surface area contributed by atoms with Crippen LogP contribution in [0.4, 0.5) is 0 Å². The minimum Gasteiger partial charge on any atom is -0.469 e. The molecule has 1 atom stereocenters. The molecule has 2 rings (SSSR count). The van der Waals surface area contributed by atoms with E-state index in [2.05, 4.69) is 11.1 Å². The highest BCUT2D eigenvalue weighted by Crippen LogP contribution is 2.24. The summed E-state index contributed by atoms with van der Waals surface area (Å²) in [7, 11) is 1.44. The first-order chi connectivity index (χ1) is 6.81. The van der Waals surface area contributed by atoms with Crippen molar-refractivity contribution in [3.63, 3.8) is 0 Å². The van der Waals surface area contributed by atoms with Gasteiger partial charge in [-0.3, -0.25) is 9.78 Å². The summed E-state index contributed by atoms with van der Waals surface area (Å²) in [4.78, 5) is 15.6. The molecule has 0 radical (unpaired) electrons. The maximum Gasteiger partial charge on any atom is 0.309 e. The van der Waals surface area contributed by atoms with Gasteiger partial charge in [0.25, 0.3) is 0 Å². The summed E-state index contributed by atoms with van der Waals surface area (Å²) in [5.41, 5.74) is 2.32. The Kier molecular flexibility index (Phi) is 2.48. The molecule has 0 aliphatic heterocycles. The Hall–Kier alpha value is -1.38. The van der Waals surface area contributed by atoms with Crippen molar-refractivity contribution in [2.75, 3.05) is 7.11 Å². The highest BCUT2D eigenvalue weighted by atomic mass is 16.5. The molecular formula is C11H13NO2. The van der Waals surface area contributed by atoms with Crippen LogP contribution in [0.2, 0.25) is 0 Å². The van der Waals surface area contributed by atoms with Gasteiger partial charge in [0, 0.05) is 18.3 Å². The van der Waals surface area contributed by atoms with Gasteiger partial charge in [-0.15, -0.1) is 0 Å². The van der Waals surface area contributed by atoms with E-state index < -0.39 is 0 Å². The van der Waals surface area contributed by atoms with Gasteiger partial charge in [-0.05, 0) is 24.5 Å². The normalized spacial score (nSPS) is 19.9. The Morgan fingerprint density at radius 1 is 1.64 bits per heavy atom. The average Bonchev–Trinajstić information content (AvgIpc) is 2.27. The summed E-state index contributed by atoms with van der Waals surface area (Å²) in [6, 6.07) is 4.02. The van der Waals surface area contributed by atoms with E-state index in [9.17, 15) is 4.79 Å². The SMILES string of the molecule is COC(=O)C1CCc2cccnc2C1. The second-order valence-corrected chi connectivity index (χ2v) is 3.57. The number of nitrogens with zero attached hydrogens (tertiary/aromatic N) is 1. The molecule has 1 heterocycles. The Morgan fingerprint density at radius 2 is 2.50 bits per heavy atom. The number of carbonyl (C=O) groups excluding carboxylic acids is 1. The lowest BCUT2D eigenvalue weighted by atomic mass is 9.87. The zero-order valence-corrected chi connectivity index (χ0v) is 8.19. The van der Waals surface area contributed by atoms with E-state index in [-0.39, 0.29) is 11.9 Å². The van der Waals surface area contributed by atoms with Crippen molar-refractivity contribution in [1.29, 1.82) is 0 Å². The van der Waals surface area contributed by atoms with Crippen molar-refractivity contribution in [3.8, 4) is 0 Å². The van der Waals surface area contributed by atoms with Crippen LogP contribution in [0, 0.1) is 5.92 Å². The van der Waals surface area contributed by atoms with E-state index in [1.165, 1.54) is 12.7 Å². The third kappa shape index (κ3) is 1.62. The van der Waals surface area contributed by atoms with Crippen LogP contribution in [0.3, 0.4) is 0 Å². The van der Waals surface area contributed by atoms with Crippen molar-refractivity contribution in [3.05, 3.63) is 29.6 Å². The van der Waals surface area contributed by atoms with Crippen molar-refractivity contribution in [2.45, 2.75) is 19.3 Å². The van der Waals surface area contributed by atoms with Gasteiger partial charge in [-0.1, -0.05) is 6.07 Å². The highest BCUT2D eigenvalue weighted by Gasteiger charge is 2.25. The molecule has 1 unspecified atom stereocenters. The number of esters is 1. The predicted octanol–water partition coefficient (Wildman–Crippen LogP) is 1.36. The number of pyridine rings is 1. The fourth-order valence-electron chi connectivity index (χ4n) is 1.92. The maximum atomic E-state index is 11.3. The zero-order chi connectivity index (χ0) is 9.97. The molecule has 0 aromatic carbocycles. The predicted molar refractivity (Wildman–Crippen MR) is 51.8 cm³/mol. The van der Waals surface area contributed by atoms with Gasteiger partial charge in [0.05, 0.1) is 13.0 Å². The van der Waals surface area contributed by atoms with E-state index in [4.69, 9.17) is 4.74 Å². The number of fused-ring (bicyclic) bond motifs is 1. The smallest absolute Gasteiger partial charge is 0.309 e. The Bertz CT molecular complexity index is 349. The lowest BCUT2D eigenvalue weighted by molar-refractivity contribution is -0.145. The van der Waals surface area contributed by atoms with Crippen molar-refractivity contribution in [2.24, 2.45) is 5.92 Å². The Labute approximate surface area is 83.1 Å². The molecule has 0 bridgehead atoms. The molecule has 1 aliphatic carbocycles. The van der Waals surface area contributed by atoms with Gasteiger partial charge in [0.15, 0.2) is 0 Å². The standard InChI is InChI=1S/C11H13NO2/c1-14-11(13)9-5-4-8-3-2-6-12-10(8)7-9/h2-3,6,9H,4-5,7H2,1H3. The summed E-state index contributed by atoms with van der Waals surface area (Å²) >= 11 is 0. The Balaban J connectivity index is 2.17. The molecule has 1 aromatic heterocycles.